The first-order valence-electron chi connectivity index (χ1n) is 12.5. The van der Waals surface area contributed by atoms with Crippen LogP contribution in [0.25, 0.3) is 11.1 Å². The summed E-state index contributed by atoms with van der Waals surface area (Å²) in [5.41, 5.74) is 1.85. The summed E-state index contributed by atoms with van der Waals surface area (Å²) in [6, 6.07) is 14.1. The smallest absolute Gasteiger partial charge is 0.273 e. The number of benzene rings is 2. The molecule has 2 aromatic carbocycles. The number of rotatable bonds is 8. The lowest BCUT2D eigenvalue weighted by atomic mass is 10.0. The summed E-state index contributed by atoms with van der Waals surface area (Å²) in [4.78, 5) is 25.0. The van der Waals surface area contributed by atoms with E-state index in [1.54, 1.807) is 25.5 Å². The summed E-state index contributed by atoms with van der Waals surface area (Å²) in [7, 11) is -0.917. The van der Waals surface area contributed by atoms with Crippen LogP contribution < -0.4 is 26.0 Å². The van der Waals surface area contributed by atoms with Crippen molar-refractivity contribution in [2.24, 2.45) is 5.92 Å². The molecule has 0 unspecified atom stereocenters. The highest BCUT2D eigenvalue weighted by Crippen LogP contribution is 2.40. The molecule has 4 rings (SSSR count). The average molecular weight is 497 g/mol. The number of carbonyl (C=O) groups excluding carboxylic acids is 2. The van der Waals surface area contributed by atoms with Crippen LogP contribution in [-0.2, 0) is 9.36 Å². The van der Waals surface area contributed by atoms with E-state index in [-0.39, 0.29) is 29.0 Å². The number of amides is 2. The van der Waals surface area contributed by atoms with Crippen molar-refractivity contribution in [3.05, 3.63) is 54.2 Å². The van der Waals surface area contributed by atoms with Gasteiger partial charge in [-0.15, -0.1) is 10.2 Å². The predicted molar refractivity (Wildman–Crippen MR) is 138 cm³/mol. The minimum Gasteiger partial charge on any atom is -0.494 e. The Bertz CT molecular complexity index is 1420. The van der Waals surface area contributed by atoms with E-state index in [4.69, 9.17) is 8.85 Å². The van der Waals surface area contributed by atoms with Crippen LogP contribution in [0.4, 0.5) is 17.2 Å². The number of nitrogens with one attached hydrogen (secondary N) is 3. The molecule has 3 aromatic rings. The molecule has 0 bridgehead atoms. The van der Waals surface area contributed by atoms with Crippen LogP contribution in [0.2, 0.25) is 0 Å². The van der Waals surface area contributed by atoms with Crippen molar-refractivity contribution < 1.29 is 23.0 Å². The van der Waals surface area contributed by atoms with E-state index in [1.165, 1.54) is 13.2 Å². The van der Waals surface area contributed by atoms with Crippen molar-refractivity contribution in [1.29, 1.82) is 0 Å². The van der Waals surface area contributed by atoms with Crippen LogP contribution in [0.3, 0.4) is 0 Å². The maximum Gasteiger partial charge on any atom is 0.273 e. The molecule has 3 N–H and O–H groups in total. The first-order chi connectivity index (χ1) is 17.9. The fourth-order valence-electron chi connectivity index (χ4n) is 3.58. The van der Waals surface area contributed by atoms with Gasteiger partial charge in [0.2, 0.25) is 5.91 Å². The van der Waals surface area contributed by atoms with Crippen molar-refractivity contribution >= 4 is 41.5 Å². The molecule has 1 heterocycles. The average Bonchev–Trinajstić information content (AvgIpc) is 3.68. The van der Waals surface area contributed by atoms with Crippen molar-refractivity contribution in [3.8, 4) is 16.9 Å². The summed E-state index contributed by atoms with van der Waals surface area (Å²) < 4.78 is 40.2. The number of methoxy groups -OCH3 is 1. The Morgan fingerprint density at radius 3 is 2.46 bits per heavy atom. The summed E-state index contributed by atoms with van der Waals surface area (Å²) in [5, 5.41) is 16.2. The molecule has 0 spiro atoms. The zero-order chi connectivity index (χ0) is 27.7. The van der Waals surface area contributed by atoms with E-state index in [9.17, 15) is 14.2 Å². The number of aromatic nitrogens is 2. The van der Waals surface area contributed by atoms with Gasteiger partial charge in [-0.25, -0.2) is 0 Å². The largest absolute Gasteiger partial charge is 0.494 e. The summed E-state index contributed by atoms with van der Waals surface area (Å²) in [6.07, 6.45) is 1.59. The Balaban J connectivity index is 1.72. The van der Waals surface area contributed by atoms with Crippen molar-refractivity contribution in [2.45, 2.75) is 12.8 Å². The molecule has 1 fully saturated rings. The molecule has 1 aliphatic carbocycles. The minimum absolute atomic E-state index is 0.0794. The van der Waals surface area contributed by atoms with E-state index in [0.717, 1.165) is 29.3 Å². The molecular weight excluding hydrogens is 465 g/mol. The standard InChI is InChI=1S/C25H28N5O4P/c1-26-25(32)22-20(14-21(29-30-22)28-24(31)16-8-9-16)27-19-7-5-6-18(23(19)34-2)15-10-12-17(13-11-15)35(3,4)33/h5-7,10-14,16H,8-9H2,1-4H3,(H,26,32)(H2,27,28,29,31)/i1D3. The second-order valence-corrected chi connectivity index (χ2v) is 11.8. The van der Waals surface area contributed by atoms with Gasteiger partial charge in [0, 0.05) is 33.9 Å². The highest BCUT2D eigenvalue weighted by atomic mass is 31.2. The highest BCUT2D eigenvalue weighted by molar-refractivity contribution is 7.70. The Morgan fingerprint density at radius 1 is 1.09 bits per heavy atom. The number of carbonyl (C=O) groups is 2. The fraction of sp³-hybridized carbons (Fsp3) is 0.280. The highest BCUT2D eigenvalue weighted by Gasteiger charge is 2.30. The van der Waals surface area contributed by atoms with Gasteiger partial charge in [-0.2, -0.15) is 0 Å². The molecule has 1 saturated carbocycles. The molecule has 1 aliphatic rings. The lowest BCUT2D eigenvalue weighted by Crippen LogP contribution is -2.22. The first-order valence-corrected chi connectivity index (χ1v) is 13.6. The molecule has 35 heavy (non-hydrogen) atoms. The van der Waals surface area contributed by atoms with Gasteiger partial charge in [-0.05, 0) is 37.8 Å². The van der Waals surface area contributed by atoms with E-state index in [1.807, 2.05) is 35.6 Å². The topological polar surface area (TPSA) is 122 Å². The van der Waals surface area contributed by atoms with E-state index < -0.39 is 20.0 Å². The van der Waals surface area contributed by atoms with Crippen LogP contribution in [0.5, 0.6) is 5.75 Å². The zero-order valence-electron chi connectivity index (χ0n) is 22.6. The molecule has 182 valence electrons. The molecule has 10 heteroatoms. The summed E-state index contributed by atoms with van der Waals surface area (Å²) in [5.74, 6) is -0.682. The third kappa shape index (κ3) is 5.52. The molecule has 0 aliphatic heterocycles. The van der Waals surface area contributed by atoms with Gasteiger partial charge in [0.05, 0.1) is 18.5 Å². The number of ether oxygens (including phenoxy) is 1. The van der Waals surface area contributed by atoms with Crippen LogP contribution in [0, 0.1) is 5.92 Å². The van der Waals surface area contributed by atoms with Gasteiger partial charge in [-0.3, -0.25) is 9.59 Å². The number of hydrogen-bond acceptors (Lipinski definition) is 7. The van der Waals surface area contributed by atoms with E-state index >= 15 is 0 Å². The molecule has 0 saturated heterocycles. The number of para-hydroxylation sites is 1. The Labute approximate surface area is 208 Å². The third-order valence-electron chi connectivity index (χ3n) is 5.61. The number of nitrogens with zero attached hydrogens (tertiary/aromatic N) is 2. The van der Waals surface area contributed by atoms with Crippen molar-refractivity contribution in [2.75, 3.05) is 38.0 Å². The SMILES string of the molecule is [2H]C([2H])([2H])NC(=O)c1nnc(NC(=O)C2CC2)cc1Nc1cccc(-c2ccc(P(C)(C)=O)cc2)c1OC. The first kappa shape index (κ1) is 20.6. The third-order valence-corrected chi connectivity index (χ3v) is 7.15. The lowest BCUT2D eigenvalue weighted by Gasteiger charge is -2.17. The Hall–Kier alpha value is -3.71. The van der Waals surface area contributed by atoms with Gasteiger partial charge < -0.3 is 25.3 Å². The zero-order valence-corrected chi connectivity index (χ0v) is 20.5. The normalized spacial score (nSPS) is 14.8. The molecule has 0 radical (unpaired) electrons. The second kappa shape index (κ2) is 9.88. The number of anilines is 3. The van der Waals surface area contributed by atoms with Crippen LogP contribution in [-0.4, -0.2) is 49.4 Å². The molecule has 0 atom stereocenters. The van der Waals surface area contributed by atoms with Crippen molar-refractivity contribution in [3.63, 3.8) is 0 Å². The summed E-state index contributed by atoms with van der Waals surface area (Å²) >= 11 is 0. The maximum atomic E-state index is 12.7. The van der Waals surface area contributed by atoms with Gasteiger partial charge in [-0.1, -0.05) is 36.4 Å². The van der Waals surface area contributed by atoms with Gasteiger partial charge >= 0.3 is 0 Å². The maximum absolute atomic E-state index is 12.7. The van der Waals surface area contributed by atoms with Crippen LogP contribution in [0.15, 0.2) is 48.5 Å². The van der Waals surface area contributed by atoms with Gasteiger partial charge in [0.1, 0.15) is 12.9 Å². The molecule has 2 amide bonds. The van der Waals surface area contributed by atoms with Gasteiger partial charge in [0.25, 0.3) is 5.91 Å². The van der Waals surface area contributed by atoms with Crippen LogP contribution in [0.1, 0.15) is 27.4 Å². The molecule has 9 nitrogen and oxygen atoms in total. The van der Waals surface area contributed by atoms with Crippen LogP contribution >= 0.6 is 7.14 Å². The fourth-order valence-corrected chi connectivity index (χ4v) is 4.44. The van der Waals surface area contributed by atoms with E-state index in [0.29, 0.717) is 11.4 Å². The minimum atomic E-state index is -2.74. The predicted octanol–water partition coefficient (Wildman–Crippen LogP) is 3.85. The molecule has 1 aromatic heterocycles. The van der Waals surface area contributed by atoms with Crippen molar-refractivity contribution in [1.82, 2.24) is 15.5 Å². The Kier molecular flexibility index (Phi) is 5.83. The second-order valence-electron chi connectivity index (χ2n) is 8.62. The monoisotopic (exact) mass is 496 g/mol. The lowest BCUT2D eigenvalue weighted by molar-refractivity contribution is -0.117. The van der Waals surface area contributed by atoms with Gasteiger partial charge in [0.15, 0.2) is 11.5 Å². The Morgan fingerprint density at radius 2 is 1.83 bits per heavy atom. The molecular formula is C25H28N5O4P. The summed E-state index contributed by atoms with van der Waals surface area (Å²) in [6.45, 7) is 0.675. The van der Waals surface area contributed by atoms with E-state index in [2.05, 4.69) is 20.8 Å². The quantitative estimate of drug-likeness (QED) is 0.405. The number of hydrogen-bond donors (Lipinski definition) is 3.